The Hall–Kier alpha value is -2.96. The summed E-state index contributed by atoms with van der Waals surface area (Å²) < 4.78 is 1.95. The molecule has 3 aromatic rings. The fraction of sp³-hybridized carbons (Fsp3) is 0.400. The summed E-state index contributed by atoms with van der Waals surface area (Å²) >= 11 is 0. The summed E-state index contributed by atoms with van der Waals surface area (Å²) in [5.74, 6) is 0.841. The number of hydrogen-bond donors (Lipinski definition) is 1. The SMILES string of the molecule is Cc1ccc(C(=O)NC2CC2)cc1-n1cnc2c(N(C)C3CC3)ncnc21. The number of amides is 1. The molecule has 0 bridgehead atoms. The molecule has 0 radical (unpaired) electrons. The molecule has 0 atom stereocenters. The quantitative estimate of drug-likeness (QED) is 0.755. The average molecular weight is 362 g/mol. The Morgan fingerprint density at radius 3 is 2.74 bits per heavy atom. The molecule has 7 heteroatoms. The fourth-order valence-corrected chi connectivity index (χ4v) is 3.40. The van der Waals surface area contributed by atoms with Gasteiger partial charge in [0.15, 0.2) is 17.0 Å². The van der Waals surface area contributed by atoms with Crippen molar-refractivity contribution < 1.29 is 4.79 Å². The van der Waals surface area contributed by atoms with E-state index in [1.54, 1.807) is 12.7 Å². The lowest BCUT2D eigenvalue weighted by atomic mass is 10.1. The van der Waals surface area contributed by atoms with E-state index in [0.29, 0.717) is 17.6 Å². The molecule has 1 N–H and O–H groups in total. The van der Waals surface area contributed by atoms with Gasteiger partial charge in [0, 0.05) is 24.7 Å². The van der Waals surface area contributed by atoms with Crippen LogP contribution in [0.25, 0.3) is 16.9 Å². The van der Waals surface area contributed by atoms with Gasteiger partial charge in [0.1, 0.15) is 12.7 Å². The van der Waals surface area contributed by atoms with Crippen molar-refractivity contribution in [1.82, 2.24) is 24.8 Å². The van der Waals surface area contributed by atoms with Gasteiger partial charge in [-0.1, -0.05) is 6.07 Å². The minimum absolute atomic E-state index is 0.0213. The smallest absolute Gasteiger partial charge is 0.251 e. The highest BCUT2D eigenvalue weighted by molar-refractivity contribution is 5.95. The predicted molar refractivity (Wildman–Crippen MR) is 103 cm³/mol. The van der Waals surface area contributed by atoms with Crippen molar-refractivity contribution in [3.05, 3.63) is 42.0 Å². The fourth-order valence-electron chi connectivity index (χ4n) is 3.40. The molecule has 0 spiro atoms. The third-order valence-electron chi connectivity index (χ3n) is 5.39. The highest BCUT2D eigenvalue weighted by Gasteiger charge is 2.29. The Kier molecular flexibility index (Phi) is 3.63. The minimum Gasteiger partial charge on any atom is -0.355 e. The summed E-state index contributed by atoms with van der Waals surface area (Å²) in [6.07, 6.45) is 7.90. The topological polar surface area (TPSA) is 75.9 Å². The molecule has 7 nitrogen and oxygen atoms in total. The monoisotopic (exact) mass is 362 g/mol. The second kappa shape index (κ2) is 6.04. The lowest BCUT2D eigenvalue weighted by Gasteiger charge is -2.17. The molecule has 5 rings (SSSR count). The number of imidazole rings is 1. The maximum atomic E-state index is 12.4. The van der Waals surface area contributed by atoms with Crippen LogP contribution in [0.2, 0.25) is 0 Å². The van der Waals surface area contributed by atoms with Crippen LogP contribution in [0.4, 0.5) is 5.82 Å². The molecule has 2 heterocycles. The van der Waals surface area contributed by atoms with Gasteiger partial charge in [-0.25, -0.2) is 15.0 Å². The molecule has 138 valence electrons. The van der Waals surface area contributed by atoms with E-state index in [4.69, 9.17) is 0 Å². The zero-order valence-corrected chi connectivity index (χ0v) is 15.5. The van der Waals surface area contributed by atoms with Crippen molar-refractivity contribution in [3.63, 3.8) is 0 Å². The van der Waals surface area contributed by atoms with E-state index in [9.17, 15) is 4.79 Å². The first-order valence-electron chi connectivity index (χ1n) is 9.44. The molecule has 2 aliphatic rings. The van der Waals surface area contributed by atoms with E-state index in [1.807, 2.05) is 29.7 Å². The lowest BCUT2D eigenvalue weighted by molar-refractivity contribution is 0.0951. The first kappa shape index (κ1) is 16.2. The zero-order chi connectivity index (χ0) is 18.5. The molecular formula is C20H22N6O. The van der Waals surface area contributed by atoms with Crippen LogP contribution < -0.4 is 10.2 Å². The summed E-state index contributed by atoms with van der Waals surface area (Å²) in [5.41, 5.74) is 4.19. The van der Waals surface area contributed by atoms with Crippen molar-refractivity contribution in [2.45, 2.75) is 44.7 Å². The number of rotatable bonds is 5. The molecule has 0 aliphatic heterocycles. The number of anilines is 1. The van der Waals surface area contributed by atoms with Gasteiger partial charge in [-0.15, -0.1) is 0 Å². The van der Waals surface area contributed by atoms with Gasteiger partial charge in [-0.05, 0) is 50.3 Å². The zero-order valence-electron chi connectivity index (χ0n) is 15.5. The third-order valence-corrected chi connectivity index (χ3v) is 5.39. The molecular weight excluding hydrogens is 340 g/mol. The predicted octanol–water partition coefficient (Wildman–Crippen LogP) is 2.61. The molecule has 2 aliphatic carbocycles. The van der Waals surface area contributed by atoms with Crippen molar-refractivity contribution in [2.24, 2.45) is 0 Å². The van der Waals surface area contributed by atoms with E-state index in [-0.39, 0.29) is 5.91 Å². The molecule has 0 saturated heterocycles. The van der Waals surface area contributed by atoms with Crippen LogP contribution in [0.3, 0.4) is 0 Å². The second-order valence-electron chi connectivity index (χ2n) is 7.58. The lowest BCUT2D eigenvalue weighted by Crippen LogP contribution is -2.25. The number of hydrogen-bond acceptors (Lipinski definition) is 5. The highest BCUT2D eigenvalue weighted by atomic mass is 16.1. The van der Waals surface area contributed by atoms with Gasteiger partial charge < -0.3 is 10.2 Å². The van der Waals surface area contributed by atoms with Crippen molar-refractivity contribution in [1.29, 1.82) is 0 Å². The average Bonchev–Trinajstić information content (AvgIpc) is 3.60. The Bertz CT molecular complexity index is 1030. The van der Waals surface area contributed by atoms with Crippen LogP contribution in [0.15, 0.2) is 30.9 Å². The Balaban J connectivity index is 1.57. The van der Waals surface area contributed by atoms with Crippen LogP contribution >= 0.6 is 0 Å². The molecule has 1 amide bonds. The van der Waals surface area contributed by atoms with E-state index >= 15 is 0 Å². The molecule has 2 aromatic heterocycles. The standard InChI is InChI=1S/C20H22N6O/c1-12-3-4-13(20(27)24-14-5-6-14)9-16(12)26-11-23-17-18(21-10-22-19(17)26)25(2)15-7-8-15/h3-4,9-11,14-15H,5-8H2,1-2H3,(H,24,27). The van der Waals surface area contributed by atoms with Crippen LogP contribution in [0, 0.1) is 6.92 Å². The number of fused-ring (bicyclic) bond motifs is 1. The molecule has 1 aromatic carbocycles. The first-order chi connectivity index (χ1) is 13.1. The van der Waals surface area contributed by atoms with Crippen molar-refractivity contribution in [3.8, 4) is 5.69 Å². The van der Waals surface area contributed by atoms with E-state index < -0.39 is 0 Å². The molecule has 27 heavy (non-hydrogen) atoms. The van der Waals surface area contributed by atoms with Gasteiger partial charge in [-0.2, -0.15) is 0 Å². The first-order valence-corrected chi connectivity index (χ1v) is 9.44. The normalized spacial score (nSPS) is 16.5. The van der Waals surface area contributed by atoms with Crippen LogP contribution in [-0.4, -0.2) is 44.6 Å². The number of nitrogens with zero attached hydrogens (tertiary/aromatic N) is 5. The number of nitrogens with one attached hydrogen (secondary N) is 1. The summed E-state index contributed by atoms with van der Waals surface area (Å²) in [6, 6.07) is 6.65. The van der Waals surface area contributed by atoms with E-state index in [2.05, 4.69) is 32.2 Å². The maximum Gasteiger partial charge on any atom is 0.251 e. The Morgan fingerprint density at radius 1 is 1.19 bits per heavy atom. The number of aryl methyl sites for hydroxylation is 1. The summed E-state index contributed by atoms with van der Waals surface area (Å²) in [6.45, 7) is 2.03. The summed E-state index contributed by atoms with van der Waals surface area (Å²) in [5, 5.41) is 3.05. The number of carbonyl (C=O) groups excluding carboxylic acids is 1. The number of benzene rings is 1. The van der Waals surface area contributed by atoms with Gasteiger partial charge in [0.05, 0.1) is 5.69 Å². The largest absolute Gasteiger partial charge is 0.355 e. The van der Waals surface area contributed by atoms with Gasteiger partial charge in [0.25, 0.3) is 5.91 Å². The Morgan fingerprint density at radius 2 is 2.00 bits per heavy atom. The van der Waals surface area contributed by atoms with Gasteiger partial charge in [0.2, 0.25) is 0 Å². The van der Waals surface area contributed by atoms with E-state index in [0.717, 1.165) is 41.1 Å². The van der Waals surface area contributed by atoms with Crippen LogP contribution in [0.1, 0.15) is 41.6 Å². The summed E-state index contributed by atoms with van der Waals surface area (Å²) in [7, 11) is 2.06. The molecule has 2 fully saturated rings. The van der Waals surface area contributed by atoms with Crippen molar-refractivity contribution >= 4 is 22.9 Å². The summed E-state index contributed by atoms with van der Waals surface area (Å²) in [4.78, 5) is 28.2. The van der Waals surface area contributed by atoms with Gasteiger partial charge in [-0.3, -0.25) is 9.36 Å². The minimum atomic E-state index is -0.0213. The maximum absolute atomic E-state index is 12.4. The number of aromatic nitrogens is 4. The van der Waals surface area contributed by atoms with Crippen LogP contribution in [-0.2, 0) is 0 Å². The Labute approximate surface area is 157 Å². The molecule has 0 unspecified atom stereocenters. The van der Waals surface area contributed by atoms with Gasteiger partial charge >= 0.3 is 0 Å². The van der Waals surface area contributed by atoms with Crippen molar-refractivity contribution in [2.75, 3.05) is 11.9 Å². The third kappa shape index (κ3) is 2.93. The number of carbonyl (C=O) groups is 1. The van der Waals surface area contributed by atoms with Crippen LogP contribution in [0.5, 0.6) is 0 Å². The van der Waals surface area contributed by atoms with E-state index in [1.165, 1.54) is 12.8 Å². The highest BCUT2D eigenvalue weighted by Crippen LogP contribution is 2.32. The second-order valence-corrected chi connectivity index (χ2v) is 7.58. The molecule has 2 saturated carbocycles.